The minimum absolute atomic E-state index is 0.285. The Bertz CT molecular complexity index is 494. The van der Waals surface area contributed by atoms with Gasteiger partial charge in [0.2, 0.25) is 0 Å². The lowest BCUT2D eigenvalue weighted by Gasteiger charge is -2.17. The molecule has 0 bridgehead atoms. The second-order valence-electron chi connectivity index (χ2n) is 5.35. The zero-order valence-corrected chi connectivity index (χ0v) is 11.1. The molecule has 1 heterocycles. The average Bonchev–Trinajstić information content (AvgIpc) is 2.58. The molecule has 86 valence electrons. The molecule has 16 heavy (non-hydrogen) atoms. The zero-order valence-electron chi connectivity index (χ0n) is 10.3. The first-order valence-corrected chi connectivity index (χ1v) is 6.37. The molecule has 0 saturated carbocycles. The molecule has 0 spiro atoms. The fraction of sp³-hybridized carbons (Fsp3) is 0.462. The van der Waals surface area contributed by atoms with Crippen molar-refractivity contribution in [3.05, 3.63) is 23.8 Å². The van der Waals surface area contributed by atoms with Crippen LogP contribution < -0.4 is 5.32 Å². The summed E-state index contributed by atoms with van der Waals surface area (Å²) in [6.45, 7) is 9.72. The van der Waals surface area contributed by atoms with Gasteiger partial charge in [-0.3, -0.25) is 0 Å². The fourth-order valence-electron chi connectivity index (χ4n) is 1.50. The van der Waals surface area contributed by atoms with Crippen molar-refractivity contribution >= 4 is 26.7 Å². The first-order valence-electron chi connectivity index (χ1n) is 5.56. The van der Waals surface area contributed by atoms with Crippen molar-refractivity contribution in [2.75, 3.05) is 11.9 Å². The number of thiazole rings is 1. The fourth-order valence-corrected chi connectivity index (χ4v) is 2.44. The van der Waals surface area contributed by atoms with Crippen LogP contribution in [0.3, 0.4) is 0 Å². The average molecular weight is 234 g/mol. The number of hydrogen-bond acceptors (Lipinski definition) is 3. The summed E-state index contributed by atoms with van der Waals surface area (Å²) in [5, 5.41) is 4.44. The molecular formula is C13H18N2S. The predicted molar refractivity (Wildman–Crippen MR) is 72.3 cm³/mol. The molecule has 0 aliphatic heterocycles. The summed E-state index contributed by atoms with van der Waals surface area (Å²) in [5.41, 5.74) is 2.66. The number of rotatable bonds is 2. The molecule has 1 aromatic carbocycles. The maximum atomic E-state index is 4.62. The van der Waals surface area contributed by atoms with Crippen molar-refractivity contribution < 1.29 is 0 Å². The van der Waals surface area contributed by atoms with Crippen molar-refractivity contribution in [3.8, 4) is 0 Å². The van der Waals surface area contributed by atoms with E-state index < -0.39 is 0 Å². The van der Waals surface area contributed by atoms with Gasteiger partial charge in [0.05, 0.1) is 10.2 Å². The third kappa shape index (κ3) is 2.53. The molecule has 0 saturated heterocycles. The summed E-state index contributed by atoms with van der Waals surface area (Å²) in [6, 6.07) is 6.32. The van der Waals surface area contributed by atoms with Gasteiger partial charge in [-0.05, 0) is 24.0 Å². The number of benzene rings is 1. The Hall–Kier alpha value is -1.09. The molecule has 0 amide bonds. The summed E-state index contributed by atoms with van der Waals surface area (Å²) in [7, 11) is 0. The van der Waals surface area contributed by atoms with E-state index in [1.807, 2.05) is 0 Å². The highest BCUT2D eigenvalue weighted by Gasteiger charge is 2.11. The third-order valence-electron chi connectivity index (χ3n) is 2.39. The van der Waals surface area contributed by atoms with Crippen LogP contribution in [0.25, 0.3) is 10.2 Å². The zero-order chi connectivity index (χ0) is 11.8. The van der Waals surface area contributed by atoms with E-state index in [9.17, 15) is 0 Å². The van der Waals surface area contributed by atoms with Gasteiger partial charge in [0.25, 0.3) is 0 Å². The molecule has 0 unspecified atom stereocenters. The highest BCUT2D eigenvalue weighted by molar-refractivity contribution is 7.22. The first-order chi connectivity index (χ1) is 7.46. The SMILES string of the molecule is Cc1cccc2sc(NCC(C)(C)C)nc12. The molecule has 2 nitrogen and oxygen atoms in total. The Kier molecular flexibility index (Phi) is 2.89. The highest BCUT2D eigenvalue weighted by atomic mass is 32.1. The normalized spacial score (nSPS) is 12.0. The number of nitrogens with one attached hydrogen (secondary N) is 1. The number of aromatic nitrogens is 1. The van der Waals surface area contributed by atoms with Gasteiger partial charge in [0.1, 0.15) is 0 Å². The van der Waals surface area contributed by atoms with Crippen LogP contribution in [0.2, 0.25) is 0 Å². The highest BCUT2D eigenvalue weighted by Crippen LogP contribution is 2.28. The Morgan fingerprint density at radius 1 is 1.31 bits per heavy atom. The molecule has 3 heteroatoms. The van der Waals surface area contributed by atoms with Crippen molar-refractivity contribution in [1.29, 1.82) is 0 Å². The van der Waals surface area contributed by atoms with Gasteiger partial charge < -0.3 is 5.32 Å². The maximum Gasteiger partial charge on any atom is 0.183 e. The number of aryl methyl sites for hydroxylation is 1. The van der Waals surface area contributed by atoms with E-state index in [0.29, 0.717) is 0 Å². The van der Waals surface area contributed by atoms with Crippen LogP contribution in [0.1, 0.15) is 26.3 Å². The minimum atomic E-state index is 0.285. The summed E-state index contributed by atoms with van der Waals surface area (Å²) >= 11 is 1.73. The van der Waals surface area contributed by atoms with Crippen molar-refractivity contribution in [2.24, 2.45) is 5.41 Å². The topological polar surface area (TPSA) is 24.9 Å². The second kappa shape index (κ2) is 4.06. The van der Waals surface area contributed by atoms with Crippen LogP contribution in [-0.2, 0) is 0 Å². The lowest BCUT2D eigenvalue weighted by Crippen LogP contribution is -2.18. The van der Waals surface area contributed by atoms with Gasteiger partial charge in [0.15, 0.2) is 5.13 Å². The predicted octanol–water partition coefficient (Wildman–Crippen LogP) is 4.06. The molecule has 2 aromatic rings. The standard InChI is InChI=1S/C13H18N2S/c1-9-6-5-7-10-11(9)15-12(16-10)14-8-13(2,3)4/h5-7H,8H2,1-4H3,(H,14,15). The van der Waals surface area contributed by atoms with Crippen molar-refractivity contribution in [1.82, 2.24) is 4.98 Å². The smallest absolute Gasteiger partial charge is 0.183 e. The first kappa shape index (κ1) is 11.4. The molecule has 0 aliphatic carbocycles. The van der Waals surface area contributed by atoms with E-state index in [0.717, 1.165) is 17.2 Å². The molecular weight excluding hydrogens is 216 g/mol. The van der Waals surface area contributed by atoms with Crippen LogP contribution in [0, 0.1) is 12.3 Å². The quantitative estimate of drug-likeness (QED) is 0.847. The summed E-state index contributed by atoms with van der Waals surface area (Å²) in [4.78, 5) is 4.62. The maximum absolute atomic E-state index is 4.62. The van der Waals surface area contributed by atoms with Gasteiger partial charge >= 0.3 is 0 Å². The Morgan fingerprint density at radius 2 is 2.06 bits per heavy atom. The number of nitrogens with zero attached hydrogens (tertiary/aromatic N) is 1. The Labute approximate surface area is 101 Å². The van der Waals surface area contributed by atoms with E-state index in [1.165, 1.54) is 10.3 Å². The van der Waals surface area contributed by atoms with Gasteiger partial charge in [-0.2, -0.15) is 0 Å². The Morgan fingerprint density at radius 3 is 2.69 bits per heavy atom. The third-order valence-corrected chi connectivity index (χ3v) is 3.37. The second-order valence-corrected chi connectivity index (χ2v) is 6.39. The lowest BCUT2D eigenvalue weighted by atomic mass is 9.97. The van der Waals surface area contributed by atoms with Gasteiger partial charge in [-0.1, -0.05) is 44.2 Å². The minimum Gasteiger partial charge on any atom is -0.361 e. The van der Waals surface area contributed by atoms with Crippen molar-refractivity contribution in [2.45, 2.75) is 27.7 Å². The number of hydrogen-bond donors (Lipinski definition) is 1. The lowest BCUT2D eigenvalue weighted by molar-refractivity contribution is 0.443. The van der Waals surface area contributed by atoms with Crippen LogP contribution in [-0.4, -0.2) is 11.5 Å². The van der Waals surface area contributed by atoms with E-state index in [-0.39, 0.29) is 5.41 Å². The monoisotopic (exact) mass is 234 g/mol. The van der Waals surface area contributed by atoms with E-state index in [1.54, 1.807) is 11.3 Å². The summed E-state index contributed by atoms with van der Waals surface area (Å²) < 4.78 is 1.26. The number of anilines is 1. The summed E-state index contributed by atoms with van der Waals surface area (Å²) in [6.07, 6.45) is 0. The van der Waals surface area contributed by atoms with Gasteiger partial charge in [-0.25, -0.2) is 4.98 Å². The van der Waals surface area contributed by atoms with E-state index >= 15 is 0 Å². The molecule has 1 N–H and O–H groups in total. The summed E-state index contributed by atoms with van der Waals surface area (Å²) in [5.74, 6) is 0. The van der Waals surface area contributed by atoms with Crippen LogP contribution in [0.15, 0.2) is 18.2 Å². The largest absolute Gasteiger partial charge is 0.361 e. The molecule has 0 atom stereocenters. The van der Waals surface area contributed by atoms with Crippen LogP contribution in [0.4, 0.5) is 5.13 Å². The molecule has 1 aromatic heterocycles. The van der Waals surface area contributed by atoms with E-state index in [4.69, 9.17) is 0 Å². The van der Waals surface area contributed by atoms with Crippen LogP contribution in [0.5, 0.6) is 0 Å². The molecule has 2 rings (SSSR count). The number of fused-ring (bicyclic) bond motifs is 1. The van der Waals surface area contributed by atoms with Crippen LogP contribution >= 0.6 is 11.3 Å². The molecule has 0 radical (unpaired) electrons. The Balaban J connectivity index is 2.24. The van der Waals surface area contributed by atoms with E-state index in [2.05, 4.69) is 56.2 Å². The number of para-hydroxylation sites is 1. The van der Waals surface area contributed by atoms with Gasteiger partial charge in [-0.15, -0.1) is 0 Å². The van der Waals surface area contributed by atoms with Crippen molar-refractivity contribution in [3.63, 3.8) is 0 Å². The molecule has 0 fully saturated rings. The van der Waals surface area contributed by atoms with Gasteiger partial charge in [0, 0.05) is 6.54 Å². The molecule has 0 aliphatic rings.